The lowest BCUT2D eigenvalue weighted by Crippen LogP contribution is -2.50. The summed E-state index contributed by atoms with van der Waals surface area (Å²) < 4.78 is 32.1. The molecule has 0 radical (unpaired) electrons. The van der Waals surface area contributed by atoms with E-state index in [4.69, 9.17) is 24.5 Å². The number of rotatable bonds is 13. The molecule has 0 unspecified atom stereocenters. The van der Waals surface area contributed by atoms with Gasteiger partial charge in [0.15, 0.2) is 5.75 Å². The lowest BCUT2D eigenvalue weighted by molar-refractivity contribution is 0.0214. The summed E-state index contributed by atoms with van der Waals surface area (Å²) in [5.74, 6) is 1.38. The quantitative estimate of drug-likeness (QED) is 0.109. The molecular formula is C57H56FN7O4. The fourth-order valence-corrected chi connectivity index (χ4v) is 10.7. The molecule has 2 saturated heterocycles. The molecule has 0 spiro atoms. The number of hydrogen-bond donors (Lipinski definition) is 2. The van der Waals surface area contributed by atoms with Crippen molar-refractivity contribution < 1.29 is 23.8 Å². The first-order valence-corrected chi connectivity index (χ1v) is 24.0. The summed E-state index contributed by atoms with van der Waals surface area (Å²) >= 11 is 0. The second-order valence-corrected chi connectivity index (χ2v) is 19.6. The van der Waals surface area contributed by atoms with E-state index in [9.17, 15) is 9.90 Å². The van der Waals surface area contributed by atoms with Crippen molar-refractivity contribution in [2.45, 2.75) is 82.7 Å². The molecule has 1 aliphatic carbocycles. The van der Waals surface area contributed by atoms with E-state index in [1.807, 2.05) is 122 Å². The summed E-state index contributed by atoms with van der Waals surface area (Å²) in [5.41, 5.74) is 6.49. The van der Waals surface area contributed by atoms with E-state index in [0.717, 1.165) is 69.2 Å². The van der Waals surface area contributed by atoms with Gasteiger partial charge < -0.3 is 29.7 Å². The zero-order valence-corrected chi connectivity index (χ0v) is 39.4. The predicted molar refractivity (Wildman–Crippen MR) is 268 cm³/mol. The third-order valence-corrected chi connectivity index (χ3v) is 13.9. The number of halogens is 1. The van der Waals surface area contributed by atoms with Crippen molar-refractivity contribution in [2.24, 2.45) is 0 Å². The molecule has 350 valence electrons. The van der Waals surface area contributed by atoms with Gasteiger partial charge in [0.2, 0.25) is 5.95 Å². The molecule has 2 aliphatic heterocycles. The molecule has 2 N–H and O–H groups in total. The number of hydrogen-bond acceptors (Lipinski definition) is 9. The number of carbonyl (C=O) groups excluding carboxylic acids is 1. The Morgan fingerprint density at radius 1 is 0.797 bits per heavy atom. The van der Waals surface area contributed by atoms with Crippen molar-refractivity contribution in [2.75, 3.05) is 36.5 Å². The first-order chi connectivity index (χ1) is 33.5. The largest absolute Gasteiger partial charge is 0.486 e. The maximum Gasteiger partial charge on any atom is 0.410 e. The summed E-state index contributed by atoms with van der Waals surface area (Å²) in [4.78, 5) is 27.9. The van der Waals surface area contributed by atoms with E-state index in [-0.39, 0.29) is 49.7 Å². The van der Waals surface area contributed by atoms with Gasteiger partial charge >= 0.3 is 6.09 Å². The normalized spacial score (nSPS) is 17.0. The monoisotopic (exact) mass is 921 g/mol. The maximum atomic E-state index is 17.1. The minimum atomic E-state index is -0.941. The van der Waals surface area contributed by atoms with Crippen LogP contribution >= 0.6 is 0 Å². The molecule has 2 bridgehead atoms. The van der Waals surface area contributed by atoms with Crippen molar-refractivity contribution in [3.63, 3.8) is 0 Å². The number of aromatic nitrogens is 4. The van der Waals surface area contributed by atoms with Gasteiger partial charge in [-0.3, -0.25) is 4.68 Å². The van der Waals surface area contributed by atoms with Crippen LogP contribution in [0.4, 0.5) is 21.0 Å². The van der Waals surface area contributed by atoms with Crippen LogP contribution < -0.4 is 15.0 Å². The highest BCUT2D eigenvalue weighted by atomic mass is 19.1. The highest BCUT2D eigenvalue weighted by molar-refractivity contribution is 6.06. The highest BCUT2D eigenvalue weighted by Gasteiger charge is 2.48. The molecule has 8 aromatic rings. The maximum absolute atomic E-state index is 17.1. The number of likely N-dealkylation sites (tertiary alicyclic amines) is 1. The van der Waals surface area contributed by atoms with Gasteiger partial charge in [0, 0.05) is 53.8 Å². The Bertz CT molecular complexity index is 3080. The first-order valence-electron chi connectivity index (χ1n) is 24.0. The molecule has 1 saturated carbocycles. The zero-order valence-electron chi connectivity index (χ0n) is 39.4. The second kappa shape index (κ2) is 17.6. The number of benzene rings is 6. The van der Waals surface area contributed by atoms with Crippen molar-refractivity contribution in [1.82, 2.24) is 24.6 Å². The van der Waals surface area contributed by atoms with E-state index < -0.39 is 11.1 Å². The number of aliphatic hydroxyl groups is 1. The molecule has 1 amide bonds. The fraction of sp³-hybridized carbons (Fsp3) is 0.298. The van der Waals surface area contributed by atoms with Crippen LogP contribution in [0.2, 0.25) is 0 Å². The van der Waals surface area contributed by atoms with E-state index in [1.54, 1.807) is 6.07 Å². The zero-order chi connectivity index (χ0) is 47.4. The molecule has 3 aliphatic rings. The van der Waals surface area contributed by atoms with Crippen LogP contribution in [0.15, 0.2) is 140 Å². The Hall–Kier alpha value is -7.31. The Morgan fingerprint density at radius 3 is 1.99 bits per heavy atom. The van der Waals surface area contributed by atoms with Gasteiger partial charge in [-0.25, -0.2) is 14.2 Å². The fourth-order valence-electron chi connectivity index (χ4n) is 10.7. The standard InChI is InChI=1S/C57H56FN7O4/c1-36-47(58)31-48-46(34-65(62-48)57(39-19-11-6-12-20-39,40-21-13-7-14-22-40)41-23-15-8-16-24-41)49(36)50-44(38-25-26-38)30-45-51(52(50)68-35-37-17-9-5-10-18-37)60-54(59-27-28-66)61-53(45)63-32-43-29-42(63)33-64(43)55(67)69-56(2,3)4/h5-24,30-31,34,38,42-43,66H,25-29,32-33,35H2,1-4H3,(H,59,60,61)/t42-,43-/m0/s1. The van der Waals surface area contributed by atoms with E-state index in [2.05, 4.69) is 58.9 Å². The number of ether oxygens (including phenoxy) is 2. The molecule has 12 heteroatoms. The average Bonchev–Trinajstić information content (AvgIpc) is 3.80. The van der Waals surface area contributed by atoms with Gasteiger partial charge in [0.25, 0.3) is 0 Å². The van der Waals surface area contributed by atoms with Crippen LogP contribution in [-0.4, -0.2) is 79.8 Å². The first kappa shape index (κ1) is 44.2. The topological polar surface area (TPSA) is 118 Å². The van der Waals surface area contributed by atoms with Crippen LogP contribution in [0.3, 0.4) is 0 Å². The number of anilines is 2. The number of piperazine rings is 1. The molecular weight excluding hydrogens is 866 g/mol. The summed E-state index contributed by atoms with van der Waals surface area (Å²) in [6, 6.07) is 44.8. The van der Waals surface area contributed by atoms with Crippen molar-refractivity contribution in [1.29, 1.82) is 0 Å². The van der Waals surface area contributed by atoms with E-state index in [1.165, 1.54) is 0 Å². The van der Waals surface area contributed by atoms with E-state index in [0.29, 0.717) is 46.9 Å². The molecule has 6 aromatic carbocycles. The number of amides is 1. The minimum Gasteiger partial charge on any atom is -0.486 e. The number of aliphatic hydroxyl groups excluding tert-OH is 1. The number of fused-ring (bicyclic) bond motifs is 4. The lowest BCUT2D eigenvalue weighted by atomic mass is 9.77. The van der Waals surface area contributed by atoms with Gasteiger partial charge in [0.05, 0.1) is 24.2 Å². The summed E-state index contributed by atoms with van der Waals surface area (Å²) in [5, 5.41) is 20.3. The Labute approximate surface area is 401 Å². The number of nitrogens with one attached hydrogen (secondary N) is 1. The summed E-state index contributed by atoms with van der Waals surface area (Å²) in [7, 11) is 0. The summed E-state index contributed by atoms with van der Waals surface area (Å²) in [6.07, 6.45) is 4.47. The molecule has 3 fully saturated rings. The molecule has 11 rings (SSSR count). The molecule has 4 heterocycles. The third kappa shape index (κ3) is 8.00. The number of nitrogens with zero attached hydrogens (tertiary/aromatic N) is 6. The Balaban J connectivity index is 1.16. The van der Waals surface area contributed by atoms with Crippen LogP contribution in [0.5, 0.6) is 5.75 Å². The van der Waals surface area contributed by atoms with Crippen molar-refractivity contribution in [3.8, 4) is 16.9 Å². The molecule has 11 nitrogen and oxygen atoms in total. The summed E-state index contributed by atoms with van der Waals surface area (Å²) in [6.45, 7) is 8.90. The van der Waals surface area contributed by atoms with Crippen LogP contribution in [0, 0.1) is 12.7 Å². The predicted octanol–water partition coefficient (Wildman–Crippen LogP) is 11.0. The van der Waals surface area contributed by atoms with Crippen molar-refractivity contribution >= 4 is 39.7 Å². The van der Waals surface area contributed by atoms with Gasteiger partial charge in [-0.15, -0.1) is 0 Å². The van der Waals surface area contributed by atoms with E-state index >= 15 is 4.39 Å². The number of carbonyl (C=O) groups is 1. The Kier molecular flexibility index (Phi) is 11.3. The molecule has 2 aromatic heterocycles. The van der Waals surface area contributed by atoms with Crippen molar-refractivity contribution in [3.05, 3.63) is 179 Å². The molecule has 69 heavy (non-hydrogen) atoms. The lowest BCUT2D eigenvalue weighted by Gasteiger charge is -2.36. The van der Waals surface area contributed by atoms with Gasteiger partial charge in [0.1, 0.15) is 34.9 Å². The average molecular weight is 922 g/mol. The van der Waals surface area contributed by atoms with Gasteiger partial charge in [-0.1, -0.05) is 121 Å². The molecule has 2 atom stereocenters. The smallest absolute Gasteiger partial charge is 0.410 e. The van der Waals surface area contributed by atoms with Crippen LogP contribution in [-0.2, 0) is 16.9 Å². The van der Waals surface area contributed by atoms with Crippen LogP contribution in [0.1, 0.15) is 79.3 Å². The van der Waals surface area contributed by atoms with Gasteiger partial charge in [-0.2, -0.15) is 10.1 Å². The highest BCUT2D eigenvalue weighted by Crippen LogP contribution is 2.54. The SMILES string of the molecule is Cc1c(F)cc2nn(C(c3ccccc3)(c3ccccc3)c3ccccc3)cc2c1-c1c(C2CC2)cc2c(N3C[C@@H]4C[C@H]3CN4C(=O)OC(C)(C)C)nc(NCCO)nc2c1OCc1ccccc1. The third-order valence-electron chi connectivity index (χ3n) is 13.9. The second-order valence-electron chi connectivity index (χ2n) is 19.6. The Morgan fingerprint density at radius 2 is 1.42 bits per heavy atom. The van der Waals surface area contributed by atoms with Gasteiger partial charge in [-0.05, 0) is 92.3 Å². The minimum absolute atomic E-state index is 0.0147. The van der Waals surface area contributed by atoms with Crippen LogP contribution in [0.25, 0.3) is 32.9 Å².